The Bertz CT molecular complexity index is 941. The molecule has 4 rings (SSSR count). The summed E-state index contributed by atoms with van der Waals surface area (Å²) >= 11 is 0. The Morgan fingerprint density at radius 3 is 2.68 bits per heavy atom. The van der Waals surface area contributed by atoms with Gasteiger partial charge in [-0.15, -0.1) is 0 Å². The summed E-state index contributed by atoms with van der Waals surface area (Å²) in [6.45, 7) is 2.33. The summed E-state index contributed by atoms with van der Waals surface area (Å²) in [6.07, 6.45) is 4.51. The number of nitrogens with one attached hydrogen (secondary N) is 2. The topological polar surface area (TPSA) is 77.4 Å². The number of hydrogen-bond acceptors (Lipinski definition) is 4. The van der Waals surface area contributed by atoms with E-state index in [9.17, 15) is 4.79 Å². The maximum absolute atomic E-state index is 12.3. The lowest BCUT2D eigenvalue weighted by atomic mass is 10.1. The van der Waals surface area contributed by atoms with Crippen LogP contribution in [0.1, 0.15) is 17.5 Å². The van der Waals surface area contributed by atoms with E-state index in [2.05, 4.69) is 15.7 Å². The smallest absolute Gasteiger partial charge is 0.319 e. The van der Waals surface area contributed by atoms with Crippen molar-refractivity contribution in [3.8, 4) is 11.5 Å². The predicted molar refractivity (Wildman–Crippen MR) is 106 cm³/mol. The number of amides is 2. The number of ether oxygens (including phenoxy) is 2. The molecule has 2 heterocycles. The Balaban J connectivity index is 1.37. The fourth-order valence-electron chi connectivity index (χ4n) is 3.04. The van der Waals surface area contributed by atoms with Gasteiger partial charge in [-0.3, -0.25) is 4.68 Å². The van der Waals surface area contributed by atoms with E-state index in [1.165, 1.54) is 0 Å². The second-order valence-corrected chi connectivity index (χ2v) is 6.49. The van der Waals surface area contributed by atoms with Crippen molar-refractivity contribution in [1.82, 2.24) is 15.1 Å². The van der Waals surface area contributed by atoms with E-state index in [1.54, 1.807) is 18.3 Å². The van der Waals surface area contributed by atoms with Crippen molar-refractivity contribution in [2.24, 2.45) is 0 Å². The minimum atomic E-state index is -0.275. The molecule has 0 radical (unpaired) electrons. The van der Waals surface area contributed by atoms with Gasteiger partial charge in [0.2, 0.25) is 0 Å². The van der Waals surface area contributed by atoms with Crippen LogP contribution < -0.4 is 20.1 Å². The van der Waals surface area contributed by atoms with Gasteiger partial charge in [-0.1, -0.05) is 24.3 Å². The summed E-state index contributed by atoms with van der Waals surface area (Å²) in [5.41, 5.74) is 2.82. The van der Waals surface area contributed by atoms with Gasteiger partial charge in [-0.05, 0) is 29.3 Å². The molecular formula is C21H22N4O3. The Morgan fingerprint density at radius 1 is 1.04 bits per heavy atom. The van der Waals surface area contributed by atoms with Gasteiger partial charge in [-0.25, -0.2) is 4.79 Å². The van der Waals surface area contributed by atoms with Gasteiger partial charge in [-0.2, -0.15) is 5.10 Å². The van der Waals surface area contributed by atoms with Crippen LogP contribution in [0, 0.1) is 0 Å². The van der Waals surface area contributed by atoms with E-state index in [0.717, 1.165) is 17.5 Å². The standard InChI is InChI=1S/C21H22N4O3/c26-21(24-18-7-8-19-20(13-18)28-12-4-11-27-19)22-14-16-5-1-2-6-17(16)15-25-10-3-9-23-25/h1-3,5-10,13H,4,11-12,14-15H2,(H2,22,24,26). The van der Waals surface area contributed by atoms with Crippen molar-refractivity contribution in [2.45, 2.75) is 19.5 Å². The lowest BCUT2D eigenvalue weighted by Crippen LogP contribution is -2.28. The molecule has 7 heteroatoms. The lowest BCUT2D eigenvalue weighted by Gasteiger charge is -2.13. The van der Waals surface area contributed by atoms with E-state index in [0.29, 0.717) is 43.5 Å². The van der Waals surface area contributed by atoms with Crippen LogP contribution in [0.25, 0.3) is 0 Å². The molecule has 0 bridgehead atoms. The maximum Gasteiger partial charge on any atom is 0.319 e. The fourth-order valence-corrected chi connectivity index (χ4v) is 3.04. The second-order valence-electron chi connectivity index (χ2n) is 6.49. The Labute approximate surface area is 163 Å². The van der Waals surface area contributed by atoms with Crippen molar-refractivity contribution in [3.63, 3.8) is 0 Å². The van der Waals surface area contributed by atoms with Crippen molar-refractivity contribution in [3.05, 3.63) is 72.1 Å². The molecule has 1 aromatic heterocycles. The molecular weight excluding hydrogens is 356 g/mol. The van der Waals surface area contributed by atoms with Crippen molar-refractivity contribution < 1.29 is 14.3 Å². The quantitative estimate of drug-likeness (QED) is 0.713. The summed E-state index contributed by atoms with van der Waals surface area (Å²) in [5, 5.41) is 9.99. The number of rotatable bonds is 5. The van der Waals surface area contributed by atoms with E-state index in [4.69, 9.17) is 9.47 Å². The highest BCUT2D eigenvalue weighted by Crippen LogP contribution is 2.32. The first-order valence-electron chi connectivity index (χ1n) is 9.27. The number of fused-ring (bicyclic) bond motifs is 1. The summed E-state index contributed by atoms with van der Waals surface area (Å²) < 4.78 is 13.1. The van der Waals surface area contributed by atoms with Crippen LogP contribution in [-0.4, -0.2) is 29.0 Å². The van der Waals surface area contributed by atoms with E-state index in [-0.39, 0.29) is 6.03 Å². The number of hydrogen-bond donors (Lipinski definition) is 2. The third kappa shape index (κ3) is 4.43. The summed E-state index contributed by atoms with van der Waals surface area (Å²) in [6, 6.07) is 15.0. The highest BCUT2D eigenvalue weighted by Gasteiger charge is 2.12. The van der Waals surface area contributed by atoms with Crippen molar-refractivity contribution in [2.75, 3.05) is 18.5 Å². The average molecular weight is 378 g/mol. The Hall–Kier alpha value is -3.48. The first-order chi connectivity index (χ1) is 13.8. The highest BCUT2D eigenvalue weighted by atomic mass is 16.5. The molecule has 0 atom stereocenters. The third-order valence-corrected chi connectivity index (χ3v) is 4.45. The molecule has 3 aromatic rings. The van der Waals surface area contributed by atoms with Crippen LogP contribution in [0.15, 0.2) is 60.9 Å². The normalized spacial score (nSPS) is 12.9. The first-order valence-corrected chi connectivity index (χ1v) is 9.27. The van der Waals surface area contributed by atoms with Crippen LogP contribution in [-0.2, 0) is 13.1 Å². The molecule has 0 saturated heterocycles. The molecule has 0 fully saturated rings. The molecule has 0 saturated carbocycles. The maximum atomic E-state index is 12.3. The monoisotopic (exact) mass is 378 g/mol. The fraction of sp³-hybridized carbons (Fsp3) is 0.238. The Kier molecular flexibility index (Phi) is 5.42. The average Bonchev–Trinajstić information content (AvgIpc) is 3.10. The van der Waals surface area contributed by atoms with Crippen molar-refractivity contribution in [1.29, 1.82) is 0 Å². The van der Waals surface area contributed by atoms with Gasteiger partial charge < -0.3 is 20.1 Å². The predicted octanol–water partition coefficient (Wildman–Crippen LogP) is 3.41. The van der Waals surface area contributed by atoms with Crippen LogP contribution in [0.5, 0.6) is 11.5 Å². The van der Waals surface area contributed by atoms with E-state index in [1.807, 2.05) is 47.3 Å². The number of urea groups is 1. The molecule has 1 aliphatic heterocycles. The minimum Gasteiger partial charge on any atom is -0.490 e. The molecule has 2 aromatic carbocycles. The SMILES string of the molecule is O=C(NCc1ccccc1Cn1cccn1)Nc1ccc2c(c1)OCCCO2. The van der Waals surface area contributed by atoms with Gasteiger partial charge in [0.05, 0.1) is 19.8 Å². The van der Waals surface area contributed by atoms with Crippen LogP contribution >= 0.6 is 0 Å². The van der Waals surface area contributed by atoms with Gasteiger partial charge >= 0.3 is 6.03 Å². The minimum absolute atomic E-state index is 0.275. The van der Waals surface area contributed by atoms with Gasteiger partial charge in [0.15, 0.2) is 11.5 Å². The second kappa shape index (κ2) is 8.47. The first kappa shape index (κ1) is 17.9. The van der Waals surface area contributed by atoms with Crippen molar-refractivity contribution >= 4 is 11.7 Å². The molecule has 28 heavy (non-hydrogen) atoms. The van der Waals surface area contributed by atoms with E-state index >= 15 is 0 Å². The number of nitrogens with zero attached hydrogens (tertiary/aromatic N) is 2. The molecule has 0 unspecified atom stereocenters. The summed E-state index contributed by atoms with van der Waals surface area (Å²) in [5.74, 6) is 1.36. The summed E-state index contributed by atoms with van der Waals surface area (Å²) in [4.78, 5) is 12.3. The number of benzene rings is 2. The van der Waals surface area contributed by atoms with E-state index < -0.39 is 0 Å². The zero-order valence-electron chi connectivity index (χ0n) is 15.4. The van der Waals surface area contributed by atoms with Gasteiger partial charge in [0.25, 0.3) is 0 Å². The molecule has 7 nitrogen and oxygen atoms in total. The summed E-state index contributed by atoms with van der Waals surface area (Å²) in [7, 11) is 0. The largest absolute Gasteiger partial charge is 0.490 e. The molecule has 0 aliphatic carbocycles. The van der Waals surface area contributed by atoms with Crippen LogP contribution in [0.3, 0.4) is 0 Å². The lowest BCUT2D eigenvalue weighted by molar-refractivity contribution is 0.251. The van der Waals surface area contributed by atoms with Crippen LogP contribution in [0.2, 0.25) is 0 Å². The third-order valence-electron chi connectivity index (χ3n) is 4.45. The van der Waals surface area contributed by atoms with Crippen LogP contribution in [0.4, 0.5) is 10.5 Å². The molecule has 144 valence electrons. The molecule has 2 amide bonds. The number of carbonyl (C=O) groups excluding carboxylic acids is 1. The number of anilines is 1. The van der Waals surface area contributed by atoms with Gasteiger partial charge in [0.1, 0.15) is 0 Å². The zero-order chi connectivity index (χ0) is 19.2. The molecule has 2 N–H and O–H groups in total. The molecule has 0 spiro atoms. The zero-order valence-corrected chi connectivity index (χ0v) is 15.4. The highest BCUT2D eigenvalue weighted by molar-refractivity contribution is 5.89. The molecule has 1 aliphatic rings. The Morgan fingerprint density at radius 2 is 1.86 bits per heavy atom. The van der Waals surface area contributed by atoms with Gasteiger partial charge in [0, 0.05) is 37.1 Å². The number of carbonyl (C=O) groups is 1. The number of aromatic nitrogens is 2.